The van der Waals surface area contributed by atoms with Crippen LogP contribution in [0.4, 0.5) is 17.1 Å². The molecule has 39 heavy (non-hydrogen) atoms. The predicted octanol–water partition coefficient (Wildman–Crippen LogP) is 3.75. The van der Waals surface area contributed by atoms with Crippen LogP contribution in [0.15, 0.2) is 77.9 Å². The Labute approximate surface area is 228 Å². The van der Waals surface area contributed by atoms with Gasteiger partial charge in [0.2, 0.25) is 0 Å². The molecule has 0 saturated heterocycles. The molecule has 12 nitrogen and oxygen atoms in total. The summed E-state index contributed by atoms with van der Waals surface area (Å²) in [5, 5.41) is 28.9. The summed E-state index contributed by atoms with van der Waals surface area (Å²) in [7, 11) is 3.83. The van der Waals surface area contributed by atoms with Crippen LogP contribution in [0.1, 0.15) is 21.5 Å². The summed E-state index contributed by atoms with van der Waals surface area (Å²) in [6, 6.07) is 18.5. The fourth-order valence-corrected chi connectivity index (χ4v) is 4.35. The molecule has 3 aromatic rings. The zero-order chi connectivity index (χ0) is 28.4. The van der Waals surface area contributed by atoms with E-state index in [4.69, 9.17) is 0 Å². The van der Waals surface area contributed by atoms with E-state index in [1.165, 1.54) is 18.0 Å². The zero-order valence-corrected chi connectivity index (χ0v) is 22.0. The topological polar surface area (TPSA) is 160 Å². The number of hydrazone groups is 1. The average Bonchev–Trinajstić information content (AvgIpc) is 2.92. The highest BCUT2D eigenvalue weighted by atomic mass is 32.2. The van der Waals surface area contributed by atoms with Crippen LogP contribution in [-0.2, 0) is 10.5 Å². The van der Waals surface area contributed by atoms with E-state index in [1.807, 2.05) is 73.6 Å². The Balaban J connectivity index is 1.75. The lowest BCUT2D eigenvalue weighted by atomic mass is 10.1. The molecule has 0 unspecified atom stereocenters. The van der Waals surface area contributed by atoms with E-state index in [9.17, 15) is 29.8 Å². The normalized spacial score (nSPS) is 11.5. The summed E-state index contributed by atoms with van der Waals surface area (Å²) in [6.45, 7) is 0. The molecular formula is C26H26N6O6S. The summed E-state index contributed by atoms with van der Waals surface area (Å²) >= 11 is 1.38. The number of nitrogens with one attached hydrogen (secondary N) is 2. The third kappa shape index (κ3) is 8.64. The summed E-state index contributed by atoms with van der Waals surface area (Å²) in [4.78, 5) is 48.6. The molecule has 3 rings (SSSR count). The van der Waals surface area contributed by atoms with Crippen molar-refractivity contribution in [2.75, 3.05) is 24.7 Å². The molecule has 0 bridgehead atoms. The number of carbonyl (C=O) groups excluding carboxylic acids is 2. The van der Waals surface area contributed by atoms with Crippen LogP contribution in [0.5, 0.6) is 0 Å². The molecule has 0 aliphatic rings. The van der Waals surface area contributed by atoms with Gasteiger partial charge in [0.15, 0.2) is 0 Å². The van der Waals surface area contributed by atoms with E-state index in [0.717, 1.165) is 35.0 Å². The molecule has 3 aromatic carbocycles. The molecule has 0 heterocycles. The zero-order valence-electron chi connectivity index (χ0n) is 21.1. The second kappa shape index (κ2) is 13.7. The number of anilines is 1. The molecule has 0 fully saturated rings. The number of benzene rings is 3. The lowest BCUT2D eigenvalue weighted by molar-refractivity contribution is -0.394. The maximum atomic E-state index is 13.0. The van der Waals surface area contributed by atoms with Gasteiger partial charge in [-0.05, 0) is 23.3 Å². The largest absolute Gasteiger partial charge is 0.378 e. The van der Waals surface area contributed by atoms with Crippen molar-refractivity contribution in [3.63, 3.8) is 0 Å². The molecule has 0 aromatic heterocycles. The average molecular weight is 551 g/mol. The first-order valence-electron chi connectivity index (χ1n) is 11.6. The first kappa shape index (κ1) is 28.8. The molecular weight excluding hydrogens is 524 g/mol. The molecule has 13 heteroatoms. The minimum atomic E-state index is -1.09. The van der Waals surface area contributed by atoms with E-state index in [-0.39, 0.29) is 11.3 Å². The number of amides is 2. The first-order chi connectivity index (χ1) is 18.6. The van der Waals surface area contributed by atoms with Gasteiger partial charge in [0.05, 0.1) is 27.7 Å². The van der Waals surface area contributed by atoms with Crippen molar-refractivity contribution in [1.82, 2.24) is 10.7 Å². The van der Waals surface area contributed by atoms with Crippen LogP contribution in [0.25, 0.3) is 0 Å². The number of rotatable bonds is 12. The number of nitro benzene ring substituents is 2. The smallest absolute Gasteiger partial charge is 0.277 e. The van der Waals surface area contributed by atoms with Crippen molar-refractivity contribution in [1.29, 1.82) is 0 Å². The molecule has 2 N–H and O–H groups in total. The van der Waals surface area contributed by atoms with E-state index >= 15 is 0 Å². The van der Waals surface area contributed by atoms with Crippen LogP contribution in [0.3, 0.4) is 0 Å². The summed E-state index contributed by atoms with van der Waals surface area (Å²) in [5.41, 5.74) is 3.62. The van der Waals surface area contributed by atoms with E-state index in [1.54, 1.807) is 0 Å². The van der Waals surface area contributed by atoms with Gasteiger partial charge >= 0.3 is 0 Å². The van der Waals surface area contributed by atoms with Crippen molar-refractivity contribution in [3.8, 4) is 0 Å². The maximum Gasteiger partial charge on any atom is 0.277 e. The van der Waals surface area contributed by atoms with Crippen LogP contribution in [-0.4, -0.2) is 53.8 Å². The minimum Gasteiger partial charge on any atom is -0.378 e. The molecule has 1 atom stereocenters. The van der Waals surface area contributed by atoms with Crippen LogP contribution < -0.4 is 15.6 Å². The Hall–Kier alpha value is -4.78. The molecule has 202 valence electrons. The molecule has 0 aliphatic carbocycles. The van der Waals surface area contributed by atoms with Gasteiger partial charge in [-0.25, -0.2) is 5.43 Å². The highest BCUT2D eigenvalue weighted by Gasteiger charge is 2.25. The van der Waals surface area contributed by atoms with Crippen molar-refractivity contribution in [3.05, 3.63) is 110 Å². The second-order valence-corrected chi connectivity index (χ2v) is 9.53. The third-order valence-electron chi connectivity index (χ3n) is 5.40. The third-order valence-corrected chi connectivity index (χ3v) is 6.51. The standard InChI is InChI=1S/C26H26N6O6S/c1-30(2)21-10-8-18(9-11-21)15-27-29-26(34)24(17-39-16-19-6-4-3-5-7-19)28-25(33)20-12-22(31(35)36)14-23(13-20)32(37)38/h3-15,24H,16-17H2,1-2H3,(H,28,33)(H,29,34)/t24-/m1/s1. The second-order valence-electron chi connectivity index (χ2n) is 8.50. The van der Waals surface area contributed by atoms with Crippen LogP contribution in [0, 0.1) is 20.2 Å². The van der Waals surface area contributed by atoms with Crippen molar-refractivity contribution < 1.29 is 19.4 Å². The fourth-order valence-electron chi connectivity index (χ4n) is 3.34. The fraction of sp³-hybridized carbons (Fsp3) is 0.192. The van der Waals surface area contributed by atoms with Gasteiger partial charge in [0.1, 0.15) is 6.04 Å². The highest BCUT2D eigenvalue weighted by Crippen LogP contribution is 2.23. The molecule has 0 saturated carbocycles. The Bertz CT molecular complexity index is 1330. The quantitative estimate of drug-likeness (QED) is 0.196. The number of carbonyl (C=O) groups is 2. The summed E-state index contributed by atoms with van der Waals surface area (Å²) < 4.78 is 0. The van der Waals surface area contributed by atoms with Gasteiger partial charge in [-0.1, -0.05) is 42.5 Å². The van der Waals surface area contributed by atoms with Gasteiger partial charge < -0.3 is 10.2 Å². The van der Waals surface area contributed by atoms with Crippen molar-refractivity contribution in [2.24, 2.45) is 5.10 Å². The highest BCUT2D eigenvalue weighted by molar-refractivity contribution is 7.98. The minimum absolute atomic E-state index is 0.149. The van der Waals surface area contributed by atoms with Gasteiger partial charge in [-0.3, -0.25) is 29.8 Å². The number of hydrogen-bond acceptors (Lipinski definition) is 9. The molecule has 0 radical (unpaired) electrons. The van der Waals surface area contributed by atoms with Gasteiger partial charge in [-0.15, -0.1) is 0 Å². The van der Waals surface area contributed by atoms with Gasteiger partial charge in [-0.2, -0.15) is 16.9 Å². The Morgan fingerprint density at radius 3 is 2.15 bits per heavy atom. The number of hydrogen-bond donors (Lipinski definition) is 2. The van der Waals surface area contributed by atoms with Crippen LogP contribution in [0.2, 0.25) is 0 Å². The SMILES string of the molecule is CN(C)c1ccc(C=NNC(=O)[C@@H](CSCc2ccccc2)NC(=O)c2cc([N+](=O)[O-])cc([N+](=O)[O-])c2)cc1. The number of nitrogens with zero attached hydrogens (tertiary/aromatic N) is 4. The van der Waals surface area contributed by atoms with E-state index in [0.29, 0.717) is 5.75 Å². The monoisotopic (exact) mass is 550 g/mol. The Kier molecular flexibility index (Phi) is 10.1. The van der Waals surface area contributed by atoms with E-state index in [2.05, 4.69) is 15.8 Å². The predicted molar refractivity (Wildman–Crippen MR) is 150 cm³/mol. The van der Waals surface area contributed by atoms with E-state index < -0.39 is 39.1 Å². The Morgan fingerprint density at radius 1 is 0.974 bits per heavy atom. The van der Waals surface area contributed by atoms with Gasteiger partial charge in [0, 0.05) is 43.4 Å². The van der Waals surface area contributed by atoms with Crippen molar-refractivity contribution >= 4 is 46.9 Å². The molecule has 2 amide bonds. The number of non-ortho nitro benzene ring substituents is 2. The lowest BCUT2D eigenvalue weighted by Gasteiger charge is -2.17. The maximum absolute atomic E-state index is 13.0. The van der Waals surface area contributed by atoms with Crippen molar-refractivity contribution in [2.45, 2.75) is 11.8 Å². The Morgan fingerprint density at radius 2 is 1.59 bits per heavy atom. The summed E-state index contributed by atoms with van der Waals surface area (Å²) in [6.07, 6.45) is 1.46. The lowest BCUT2D eigenvalue weighted by Crippen LogP contribution is -2.47. The number of thioether (sulfide) groups is 1. The molecule has 0 aliphatic heterocycles. The molecule has 0 spiro atoms. The van der Waals surface area contributed by atoms with Gasteiger partial charge in [0.25, 0.3) is 23.2 Å². The summed E-state index contributed by atoms with van der Waals surface area (Å²) in [5.74, 6) is -0.781. The first-order valence-corrected chi connectivity index (χ1v) is 12.8. The van der Waals surface area contributed by atoms with Crippen LogP contribution >= 0.6 is 11.8 Å². The number of nitro groups is 2.